The summed E-state index contributed by atoms with van der Waals surface area (Å²) in [4.78, 5) is 62.0. The lowest BCUT2D eigenvalue weighted by atomic mass is 10.1. The summed E-state index contributed by atoms with van der Waals surface area (Å²) in [6.07, 6.45) is -7.78. The molecule has 0 amide bonds. The van der Waals surface area contributed by atoms with Gasteiger partial charge in [-0.15, -0.1) is 0 Å². The quantitative estimate of drug-likeness (QED) is 0.414. The molecule has 1 fully saturated rings. The Morgan fingerprint density at radius 2 is 1.69 bits per heavy atom. The second kappa shape index (κ2) is 11.0. The lowest BCUT2D eigenvalue weighted by molar-refractivity contribution is -0.209. The number of nitrogens with one attached hydrogen (secondary N) is 1. The van der Waals surface area contributed by atoms with Gasteiger partial charge in [-0.25, -0.2) is 23.6 Å². The molecule has 1 saturated heterocycles. The maximum Gasteiger partial charge on any atom is 0.508 e. The van der Waals surface area contributed by atoms with E-state index < -0.39 is 60.4 Å². The average Bonchev–Trinajstić information content (AvgIpc) is 3.08. The number of benzene rings is 1. The zero-order chi connectivity index (χ0) is 26.6. The highest BCUT2D eigenvalue weighted by Gasteiger charge is 2.63. The maximum absolute atomic E-state index is 16.2. The number of H-pyrrole nitrogens is 1. The molecule has 0 unspecified atom stereocenters. The molecular weight excluding hydrogens is 534 g/mol. The van der Waals surface area contributed by atoms with Crippen molar-refractivity contribution in [2.45, 2.75) is 24.3 Å². The number of halogens is 3. The van der Waals surface area contributed by atoms with Gasteiger partial charge < -0.3 is 28.4 Å². The van der Waals surface area contributed by atoms with Crippen molar-refractivity contribution in [2.75, 3.05) is 20.8 Å². The minimum absolute atomic E-state index is 0.0975. The third-order valence-corrected chi connectivity index (χ3v) is 5.43. The second-order valence-corrected chi connectivity index (χ2v) is 7.83. The van der Waals surface area contributed by atoms with Crippen LogP contribution in [-0.4, -0.2) is 66.7 Å². The Balaban J connectivity index is 2.01. The van der Waals surface area contributed by atoms with Gasteiger partial charge in [-0.2, -0.15) is 0 Å². The van der Waals surface area contributed by atoms with Crippen molar-refractivity contribution in [1.82, 2.24) is 9.55 Å². The highest BCUT2D eigenvalue weighted by Crippen LogP contribution is 2.42. The first-order chi connectivity index (χ1) is 17.0. The van der Waals surface area contributed by atoms with Gasteiger partial charge in [0.1, 0.15) is 0 Å². The van der Waals surface area contributed by atoms with Crippen LogP contribution in [0.2, 0.25) is 10.0 Å². The van der Waals surface area contributed by atoms with Crippen molar-refractivity contribution in [3.63, 3.8) is 0 Å². The molecule has 13 nitrogen and oxygen atoms in total. The van der Waals surface area contributed by atoms with Gasteiger partial charge in [0.15, 0.2) is 18.9 Å². The molecule has 194 valence electrons. The Kier molecular flexibility index (Phi) is 8.22. The van der Waals surface area contributed by atoms with Crippen LogP contribution in [0.3, 0.4) is 0 Å². The number of aromatic nitrogens is 2. The molecule has 36 heavy (non-hydrogen) atoms. The number of methoxy groups -OCH3 is 2. The van der Waals surface area contributed by atoms with E-state index in [0.717, 1.165) is 26.5 Å². The molecule has 1 aromatic carbocycles. The van der Waals surface area contributed by atoms with Crippen LogP contribution in [0.5, 0.6) is 0 Å². The number of carbonyl (C=O) groups excluding carboxylic acids is 3. The molecule has 2 aromatic rings. The standard InChI is InChI=1S/C20H17Cl2FN2O11/c1-31-18(29)34-13-14(35-19(30)32-2)20(23,36-15(13)25-7-6-11(26)24-17(25)28)8-33-16(27)12-9(21)4-3-5-10(12)22/h3-7,13-15H,8H2,1-2H3,(H,24,26,28)/t13-,14+,15-,20-/m1/s1. The summed E-state index contributed by atoms with van der Waals surface area (Å²) in [6, 6.07) is 5.03. The van der Waals surface area contributed by atoms with Gasteiger partial charge in [0.05, 0.1) is 29.8 Å². The Bertz CT molecular complexity index is 1260. The number of rotatable bonds is 6. The predicted molar refractivity (Wildman–Crippen MR) is 117 cm³/mol. The van der Waals surface area contributed by atoms with E-state index in [1.54, 1.807) is 0 Å². The highest BCUT2D eigenvalue weighted by molar-refractivity contribution is 6.39. The number of aromatic amines is 1. The first-order valence-electron chi connectivity index (χ1n) is 9.79. The minimum Gasteiger partial charge on any atom is -0.456 e. The number of hydrogen-bond acceptors (Lipinski definition) is 11. The second-order valence-electron chi connectivity index (χ2n) is 7.01. The Morgan fingerprint density at radius 1 is 1.08 bits per heavy atom. The normalized spacial score (nSPS) is 23.0. The molecule has 0 saturated carbocycles. The summed E-state index contributed by atoms with van der Waals surface area (Å²) < 4.78 is 45.8. The number of ether oxygens (including phenoxy) is 6. The van der Waals surface area contributed by atoms with Gasteiger partial charge in [-0.3, -0.25) is 14.3 Å². The largest absolute Gasteiger partial charge is 0.508 e. The molecule has 2 heterocycles. The lowest BCUT2D eigenvalue weighted by Gasteiger charge is -2.26. The van der Waals surface area contributed by atoms with Gasteiger partial charge in [-0.1, -0.05) is 29.3 Å². The highest BCUT2D eigenvalue weighted by atomic mass is 35.5. The molecule has 1 aliphatic heterocycles. The van der Waals surface area contributed by atoms with Gasteiger partial charge >= 0.3 is 24.0 Å². The van der Waals surface area contributed by atoms with E-state index in [1.165, 1.54) is 18.2 Å². The number of alkyl halides is 1. The number of carbonyl (C=O) groups is 3. The Labute approximate surface area is 210 Å². The van der Waals surface area contributed by atoms with Crippen molar-refractivity contribution >= 4 is 41.5 Å². The van der Waals surface area contributed by atoms with Crippen LogP contribution in [0.1, 0.15) is 16.6 Å². The fourth-order valence-electron chi connectivity index (χ4n) is 3.20. The molecule has 0 bridgehead atoms. The molecular formula is C20H17Cl2FN2O11. The van der Waals surface area contributed by atoms with Crippen LogP contribution >= 0.6 is 23.2 Å². The zero-order valence-corrected chi connectivity index (χ0v) is 19.9. The number of nitrogens with zero attached hydrogens (tertiary/aromatic N) is 1. The van der Waals surface area contributed by atoms with Crippen molar-refractivity contribution in [2.24, 2.45) is 0 Å². The van der Waals surface area contributed by atoms with E-state index in [9.17, 15) is 24.0 Å². The summed E-state index contributed by atoms with van der Waals surface area (Å²) in [5.74, 6) is -4.39. The minimum atomic E-state index is -3.23. The first kappa shape index (κ1) is 27.0. The first-order valence-corrected chi connectivity index (χ1v) is 10.5. The summed E-state index contributed by atoms with van der Waals surface area (Å²) >= 11 is 11.9. The molecule has 1 N–H and O–H groups in total. The van der Waals surface area contributed by atoms with E-state index in [4.69, 9.17) is 42.1 Å². The number of esters is 1. The Hall–Kier alpha value is -3.62. The van der Waals surface area contributed by atoms with Crippen molar-refractivity contribution in [3.05, 3.63) is 66.9 Å². The van der Waals surface area contributed by atoms with Crippen molar-refractivity contribution < 1.29 is 47.2 Å². The summed E-state index contributed by atoms with van der Waals surface area (Å²) in [5, 5.41) is -0.195. The molecule has 4 atom stereocenters. The average molecular weight is 551 g/mol. The predicted octanol–water partition coefficient (Wildman–Crippen LogP) is 2.20. The molecule has 16 heteroatoms. The summed E-state index contributed by atoms with van der Waals surface area (Å²) in [7, 11) is 1.85. The van der Waals surface area contributed by atoms with Gasteiger partial charge in [-0.05, 0) is 12.1 Å². The van der Waals surface area contributed by atoms with E-state index in [2.05, 4.69) is 9.47 Å². The molecule has 0 spiro atoms. The van der Waals surface area contributed by atoms with Crippen LogP contribution < -0.4 is 11.2 Å². The van der Waals surface area contributed by atoms with Crippen LogP contribution in [0, 0.1) is 0 Å². The third kappa shape index (κ3) is 5.61. The van der Waals surface area contributed by atoms with E-state index >= 15 is 4.39 Å². The summed E-state index contributed by atoms with van der Waals surface area (Å²) in [5.41, 5.74) is -2.17. The fraction of sp³-hybridized carbons (Fsp3) is 0.350. The molecule has 0 aliphatic carbocycles. The topological polar surface area (TPSA) is 161 Å². The van der Waals surface area contributed by atoms with Crippen LogP contribution in [0.4, 0.5) is 14.0 Å². The van der Waals surface area contributed by atoms with E-state index in [0.29, 0.717) is 4.57 Å². The fourth-order valence-corrected chi connectivity index (χ4v) is 3.76. The van der Waals surface area contributed by atoms with Gasteiger partial charge in [0.2, 0.25) is 6.10 Å². The maximum atomic E-state index is 16.2. The summed E-state index contributed by atoms with van der Waals surface area (Å²) in [6.45, 7) is -1.26. The molecule has 1 aliphatic rings. The van der Waals surface area contributed by atoms with E-state index in [1.807, 2.05) is 4.98 Å². The van der Waals surface area contributed by atoms with Crippen molar-refractivity contribution in [3.8, 4) is 0 Å². The molecule has 0 radical (unpaired) electrons. The molecule has 1 aromatic heterocycles. The van der Waals surface area contributed by atoms with Crippen LogP contribution in [0.15, 0.2) is 40.1 Å². The van der Waals surface area contributed by atoms with Gasteiger partial charge in [0, 0.05) is 12.3 Å². The van der Waals surface area contributed by atoms with Crippen LogP contribution in [0.25, 0.3) is 0 Å². The molecule has 3 rings (SSSR count). The number of hydrogen-bond donors (Lipinski definition) is 1. The van der Waals surface area contributed by atoms with Crippen molar-refractivity contribution in [1.29, 1.82) is 0 Å². The lowest BCUT2D eigenvalue weighted by Crippen LogP contribution is -2.48. The van der Waals surface area contributed by atoms with Gasteiger partial charge in [0.25, 0.3) is 11.4 Å². The Morgan fingerprint density at radius 3 is 2.28 bits per heavy atom. The SMILES string of the molecule is COC(=O)O[C@H]1[C@H](n2ccc(=O)[nH]c2=O)O[C@](F)(COC(=O)c2c(Cl)cccc2Cl)[C@H]1OC(=O)OC. The smallest absolute Gasteiger partial charge is 0.456 e. The zero-order valence-electron chi connectivity index (χ0n) is 18.4. The third-order valence-electron chi connectivity index (χ3n) is 4.80. The van der Waals surface area contributed by atoms with E-state index in [-0.39, 0.29) is 15.6 Å². The van der Waals surface area contributed by atoms with Crippen LogP contribution in [-0.2, 0) is 28.4 Å². The monoisotopic (exact) mass is 550 g/mol.